The fraction of sp³-hybridized carbons (Fsp3) is 0.529. The number of hydrogen-bond acceptors (Lipinski definition) is 5. The van der Waals surface area contributed by atoms with E-state index in [1.807, 2.05) is 27.7 Å². The molecule has 1 amide bonds. The monoisotopic (exact) mass is 370 g/mol. The summed E-state index contributed by atoms with van der Waals surface area (Å²) < 4.78 is 30.4. The largest absolute Gasteiger partial charge is 0.449 e. The van der Waals surface area contributed by atoms with Gasteiger partial charge in [-0.05, 0) is 46.8 Å². The molecule has 0 aliphatic carbocycles. The first-order valence-corrected chi connectivity index (χ1v) is 9.93. The smallest absolute Gasteiger partial charge is 0.341 e. The molecule has 0 unspecified atom stereocenters. The van der Waals surface area contributed by atoms with E-state index in [0.29, 0.717) is 0 Å². The molecule has 25 heavy (non-hydrogen) atoms. The van der Waals surface area contributed by atoms with Crippen LogP contribution in [0.1, 0.15) is 45.0 Å². The molecule has 0 aliphatic rings. The van der Waals surface area contributed by atoms with E-state index in [9.17, 15) is 18.0 Å². The Morgan fingerprint density at radius 3 is 2.04 bits per heavy atom. The van der Waals surface area contributed by atoms with Gasteiger partial charge in [-0.2, -0.15) is 0 Å². The third kappa shape index (κ3) is 6.04. The van der Waals surface area contributed by atoms with Crippen LogP contribution in [0.2, 0.25) is 0 Å². The summed E-state index contributed by atoms with van der Waals surface area (Å²) in [6.45, 7) is 9.05. The molecule has 0 fully saturated rings. The quantitative estimate of drug-likeness (QED) is 0.743. The number of carbonyl (C=O) groups is 2. The maximum Gasteiger partial charge on any atom is 0.341 e. The van der Waals surface area contributed by atoms with E-state index < -0.39 is 22.1 Å². The topological polar surface area (TPSA) is 92.8 Å². The molecule has 1 N–H and O–H groups in total. The summed E-state index contributed by atoms with van der Waals surface area (Å²) in [6.07, 6.45) is 0.00770. The molecule has 0 saturated carbocycles. The van der Waals surface area contributed by atoms with Crippen molar-refractivity contribution in [3.63, 3.8) is 0 Å². The number of rotatable bonds is 7. The number of benzene rings is 1. The Morgan fingerprint density at radius 2 is 1.56 bits per heavy atom. The van der Waals surface area contributed by atoms with Gasteiger partial charge in [0.2, 0.25) is 10.0 Å². The highest BCUT2D eigenvalue weighted by Crippen LogP contribution is 2.19. The molecule has 0 bridgehead atoms. The zero-order valence-corrected chi connectivity index (χ0v) is 16.3. The summed E-state index contributed by atoms with van der Waals surface area (Å²) in [4.78, 5) is 26.6. The third-order valence-corrected chi connectivity index (χ3v) is 4.03. The first-order valence-electron chi connectivity index (χ1n) is 8.04. The van der Waals surface area contributed by atoms with Gasteiger partial charge in [0.05, 0.1) is 17.5 Å². The number of nitrogens with zero attached hydrogens (tertiary/aromatic N) is 1. The predicted molar refractivity (Wildman–Crippen MR) is 96.9 cm³/mol. The molecule has 0 aromatic heterocycles. The molecule has 8 heteroatoms. The van der Waals surface area contributed by atoms with Crippen LogP contribution in [-0.2, 0) is 19.6 Å². The third-order valence-electron chi connectivity index (χ3n) is 3.44. The number of ether oxygens (including phenoxy) is 1. The molecule has 0 heterocycles. The number of amides is 1. The van der Waals surface area contributed by atoms with E-state index in [4.69, 9.17) is 4.74 Å². The van der Waals surface area contributed by atoms with Crippen LogP contribution in [0.25, 0.3) is 0 Å². The number of para-hydroxylation sites is 1. The van der Waals surface area contributed by atoms with Crippen molar-refractivity contribution in [1.29, 1.82) is 0 Å². The number of esters is 1. The summed E-state index contributed by atoms with van der Waals surface area (Å²) in [5, 5.41) is 0. The van der Waals surface area contributed by atoms with E-state index in [2.05, 4.69) is 4.72 Å². The zero-order chi connectivity index (χ0) is 19.4. The van der Waals surface area contributed by atoms with Gasteiger partial charge >= 0.3 is 5.97 Å². The molecule has 7 nitrogen and oxygen atoms in total. The summed E-state index contributed by atoms with van der Waals surface area (Å²) >= 11 is 0. The average molecular weight is 370 g/mol. The van der Waals surface area contributed by atoms with E-state index in [0.717, 1.165) is 6.26 Å². The van der Waals surface area contributed by atoms with Crippen LogP contribution in [0.15, 0.2) is 24.3 Å². The summed E-state index contributed by atoms with van der Waals surface area (Å²) in [6, 6.07) is 6.01. The van der Waals surface area contributed by atoms with Crippen LogP contribution < -0.4 is 4.72 Å². The van der Waals surface area contributed by atoms with Gasteiger partial charge in [0, 0.05) is 12.1 Å². The minimum Gasteiger partial charge on any atom is -0.449 e. The number of nitrogens with one attached hydrogen (secondary N) is 1. The summed E-state index contributed by atoms with van der Waals surface area (Å²) in [7, 11) is -3.55. The summed E-state index contributed by atoms with van der Waals surface area (Å²) in [5.74, 6) is -1.06. The van der Waals surface area contributed by atoms with Crippen molar-refractivity contribution < 1.29 is 22.7 Å². The number of sulfonamides is 1. The Labute approximate surface area is 149 Å². The highest BCUT2D eigenvalue weighted by Gasteiger charge is 2.28. The van der Waals surface area contributed by atoms with Crippen molar-refractivity contribution in [1.82, 2.24) is 4.90 Å². The fourth-order valence-corrected chi connectivity index (χ4v) is 3.12. The van der Waals surface area contributed by atoms with Gasteiger partial charge in [0.1, 0.15) is 0 Å². The van der Waals surface area contributed by atoms with Crippen LogP contribution in [0, 0.1) is 0 Å². The second-order valence-electron chi connectivity index (χ2n) is 6.40. The summed E-state index contributed by atoms with van der Waals surface area (Å²) in [5.41, 5.74) is 0.160. The molecule has 0 spiro atoms. The number of anilines is 1. The molecule has 1 rings (SSSR count). The molecule has 0 aliphatic heterocycles. The molecule has 1 atom stereocenters. The van der Waals surface area contributed by atoms with Crippen molar-refractivity contribution in [2.45, 2.75) is 52.8 Å². The van der Waals surface area contributed by atoms with Gasteiger partial charge in [0.25, 0.3) is 5.91 Å². The van der Waals surface area contributed by atoms with Crippen molar-refractivity contribution in [2.75, 3.05) is 11.0 Å². The minimum absolute atomic E-state index is 0.0344. The van der Waals surface area contributed by atoms with Gasteiger partial charge < -0.3 is 9.64 Å². The molecule has 1 aromatic carbocycles. The SMILES string of the molecule is CC(C)N(C(=O)[C@@H](C)OC(=O)c1ccccc1NS(C)(=O)=O)C(C)C. The first-order chi connectivity index (χ1) is 11.4. The second kappa shape index (κ2) is 8.33. The highest BCUT2D eigenvalue weighted by molar-refractivity contribution is 7.92. The van der Waals surface area contributed by atoms with Crippen LogP contribution >= 0.6 is 0 Å². The van der Waals surface area contributed by atoms with Gasteiger partial charge in [-0.15, -0.1) is 0 Å². The normalized spacial score (nSPS) is 12.8. The molecule has 140 valence electrons. The average Bonchev–Trinajstić information content (AvgIpc) is 2.44. The lowest BCUT2D eigenvalue weighted by Gasteiger charge is -2.32. The minimum atomic E-state index is -3.55. The lowest BCUT2D eigenvalue weighted by molar-refractivity contribution is -0.143. The predicted octanol–water partition coefficient (Wildman–Crippen LogP) is 2.25. The second-order valence-corrected chi connectivity index (χ2v) is 8.15. The lowest BCUT2D eigenvalue weighted by atomic mass is 10.1. The number of carbonyl (C=O) groups excluding carboxylic acids is 2. The fourth-order valence-electron chi connectivity index (χ4n) is 2.54. The molecule has 0 radical (unpaired) electrons. The van der Waals surface area contributed by atoms with Crippen molar-refractivity contribution in [3.05, 3.63) is 29.8 Å². The standard InChI is InChI=1S/C17H26N2O5S/c1-11(2)19(12(3)4)16(20)13(5)24-17(21)14-9-7-8-10-15(14)18-25(6,22)23/h7-13,18H,1-6H3/t13-/m1/s1. The van der Waals surface area contributed by atoms with E-state index in [-0.39, 0.29) is 29.2 Å². The first kappa shape index (κ1) is 21.0. The molecular weight excluding hydrogens is 344 g/mol. The van der Waals surface area contributed by atoms with Crippen molar-refractivity contribution in [3.8, 4) is 0 Å². The Bertz CT molecular complexity index is 720. The Hall–Kier alpha value is -2.09. The Kier molecular flexibility index (Phi) is 6.98. The van der Waals surface area contributed by atoms with Gasteiger partial charge in [-0.3, -0.25) is 9.52 Å². The van der Waals surface area contributed by atoms with Gasteiger partial charge in [-0.1, -0.05) is 12.1 Å². The van der Waals surface area contributed by atoms with Crippen molar-refractivity contribution >= 4 is 27.6 Å². The van der Waals surface area contributed by atoms with E-state index in [1.165, 1.54) is 19.1 Å². The Balaban J connectivity index is 2.98. The van der Waals surface area contributed by atoms with Crippen molar-refractivity contribution in [2.24, 2.45) is 0 Å². The molecule has 1 aromatic rings. The van der Waals surface area contributed by atoms with Crippen LogP contribution in [0.3, 0.4) is 0 Å². The zero-order valence-electron chi connectivity index (χ0n) is 15.4. The van der Waals surface area contributed by atoms with Gasteiger partial charge in [-0.25, -0.2) is 13.2 Å². The van der Waals surface area contributed by atoms with Crippen LogP contribution in [0.5, 0.6) is 0 Å². The lowest BCUT2D eigenvalue weighted by Crippen LogP contribution is -2.47. The van der Waals surface area contributed by atoms with E-state index in [1.54, 1.807) is 17.0 Å². The van der Waals surface area contributed by atoms with Crippen LogP contribution in [-0.4, -0.2) is 49.6 Å². The maximum atomic E-state index is 12.5. The van der Waals surface area contributed by atoms with E-state index >= 15 is 0 Å². The molecule has 0 saturated heterocycles. The van der Waals surface area contributed by atoms with Gasteiger partial charge in [0.15, 0.2) is 6.10 Å². The highest BCUT2D eigenvalue weighted by atomic mass is 32.2. The number of hydrogen-bond donors (Lipinski definition) is 1. The Morgan fingerprint density at radius 1 is 1.04 bits per heavy atom. The van der Waals surface area contributed by atoms with Crippen LogP contribution in [0.4, 0.5) is 5.69 Å². The molecular formula is C17H26N2O5S. The maximum absolute atomic E-state index is 12.5.